The number of anilines is 1. The van der Waals surface area contributed by atoms with E-state index in [1.807, 2.05) is 37.3 Å². The molecule has 0 N–H and O–H groups in total. The van der Waals surface area contributed by atoms with Gasteiger partial charge in [0.2, 0.25) is 5.88 Å². The molecule has 0 saturated carbocycles. The first-order valence-electron chi connectivity index (χ1n) is 8.83. The number of carbonyl (C=O) groups excluding carboxylic acids is 1. The molecule has 0 atom stereocenters. The fourth-order valence-corrected chi connectivity index (χ4v) is 4.17. The lowest BCUT2D eigenvalue weighted by Crippen LogP contribution is -2.30. The summed E-state index contributed by atoms with van der Waals surface area (Å²) in [5.41, 5.74) is 2.78. The summed E-state index contributed by atoms with van der Waals surface area (Å²) in [5.74, 6) is 0.00673. The van der Waals surface area contributed by atoms with Crippen LogP contribution < -0.4 is 9.64 Å². The molecular formula is C20H18ClN5O2S. The minimum absolute atomic E-state index is 0.261. The molecule has 0 spiro atoms. The van der Waals surface area contributed by atoms with Crippen molar-refractivity contribution in [3.8, 4) is 5.88 Å². The van der Waals surface area contributed by atoms with Crippen LogP contribution in [-0.4, -0.2) is 32.8 Å². The van der Waals surface area contributed by atoms with Crippen molar-refractivity contribution < 1.29 is 9.53 Å². The number of carbonyl (C=O) groups is 1. The average molecular weight is 428 g/mol. The zero-order chi connectivity index (χ0) is 20.5. The van der Waals surface area contributed by atoms with E-state index in [1.54, 1.807) is 29.0 Å². The quantitative estimate of drug-likeness (QED) is 0.476. The van der Waals surface area contributed by atoms with E-state index in [2.05, 4.69) is 10.1 Å². The van der Waals surface area contributed by atoms with E-state index in [1.165, 1.54) is 18.4 Å². The molecule has 9 heteroatoms. The molecule has 4 aromatic rings. The van der Waals surface area contributed by atoms with Gasteiger partial charge in [-0.1, -0.05) is 29.0 Å². The van der Waals surface area contributed by atoms with E-state index < -0.39 is 0 Å². The monoisotopic (exact) mass is 427 g/mol. The van der Waals surface area contributed by atoms with Gasteiger partial charge < -0.3 is 4.74 Å². The van der Waals surface area contributed by atoms with Crippen LogP contribution >= 0.6 is 22.9 Å². The van der Waals surface area contributed by atoms with Gasteiger partial charge in [-0.25, -0.2) is 4.98 Å². The first kappa shape index (κ1) is 19.4. The Morgan fingerprint density at radius 3 is 2.86 bits per heavy atom. The number of hydrogen-bond acceptors (Lipinski definition) is 6. The lowest BCUT2D eigenvalue weighted by molar-refractivity contribution is 0.0982. The molecule has 0 fully saturated rings. The number of methoxy groups -OCH3 is 1. The van der Waals surface area contributed by atoms with Crippen molar-refractivity contribution in [3.63, 3.8) is 0 Å². The van der Waals surface area contributed by atoms with Crippen LogP contribution in [-0.2, 0) is 13.6 Å². The van der Waals surface area contributed by atoms with Crippen LogP contribution in [0.1, 0.15) is 21.6 Å². The Morgan fingerprint density at radius 1 is 1.31 bits per heavy atom. The largest absolute Gasteiger partial charge is 0.479 e. The maximum atomic E-state index is 13.5. The number of amides is 1. The number of hydrogen-bond donors (Lipinski definition) is 0. The van der Waals surface area contributed by atoms with E-state index in [-0.39, 0.29) is 18.3 Å². The Morgan fingerprint density at radius 2 is 2.14 bits per heavy atom. The molecule has 0 unspecified atom stereocenters. The van der Waals surface area contributed by atoms with E-state index in [0.29, 0.717) is 15.7 Å². The Kier molecular flexibility index (Phi) is 5.21. The molecule has 3 heterocycles. The fourth-order valence-electron chi connectivity index (χ4n) is 3.00. The van der Waals surface area contributed by atoms with Crippen molar-refractivity contribution in [1.29, 1.82) is 0 Å². The van der Waals surface area contributed by atoms with Crippen molar-refractivity contribution in [2.75, 3.05) is 12.0 Å². The van der Waals surface area contributed by atoms with Gasteiger partial charge in [0.25, 0.3) is 5.91 Å². The molecule has 0 bridgehead atoms. The predicted octanol–water partition coefficient (Wildman–Crippen LogP) is 4.24. The summed E-state index contributed by atoms with van der Waals surface area (Å²) >= 11 is 7.68. The van der Waals surface area contributed by atoms with Crippen LogP contribution in [0, 0.1) is 6.92 Å². The molecule has 0 aliphatic carbocycles. The van der Waals surface area contributed by atoms with Gasteiger partial charge in [-0.05, 0) is 36.8 Å². The second-order valence-electron chi connectivity index (χ2n) is 6.45. The predicted molar refractivity (Wildman–Crippen MR) is 114 cm³/mol. The average Bonchev–Trinajstić information content (AvgIpc) is 3.33. The molecule has 1 amide bonds. The second kappa shape index (κ2) is 7.81. The number of benzene rings is 1. The summed E-state index contributed by atoms with van der Waals surface area (Å²) in [6, 6.07) is 9.35. The highest BCUT2D eigenvalue weighted by Gasteiger charge is 2.27. The first-order valence-corrected chi connectivity index (χ1v) is 10.0. The molecule has 0 aliphatic heterocycles. The summed E-state index contributed by atoms with van der Waals surface area (Å²) in [5, 5.41) is 5.40. The van der Waals surface area contributed by atoms with Gasteiger partial charge in [-0.2, -0.15) is 0 Å². The summed E-state index contributed by atoms with van der Waals surface area (Å²) in [7, 11) is 3.23. The van der Waals surface area contributed by atoms with Crippen molar-refractivity contribution in [1.82, 2.24) is 19.7 Å². The van der Waals surface area contributed by atoms with E-state index in [0.717, 1.165) is 21.5 Å². The molecule has 29 heavy (non-hydrogen) atoms. The highest BCUT2D eigenvalue weighted by molar-refractivity contribution is 7.22. The molecule has 7 nitrogen and oxygen atoms in total. The third-order valence-electron chi connectivity index (χ3n) is 4.48. The molecular weight excluding hydrogens is 410 g/mol. The molecule has 0 aliphatic rings. The van der Waals surface area contributed by atoms with Crippen LogP contribution in [0.25, 0.3) is 10.2 Å². The number of rotatable bonds is 5. The summed E-state index contributed by atoms with van der Waals surface area (Å²) < 4.78 is 7.79. The van der Waals surface area contributed by atoms with Gasteiger partial charge in [0, 0.05) is 24.5 Å². The maximum absolute atomic E-state index is 13.5. The maximum Gasteiger partial charge on any atom is 0.267 e. The van der Waals surface area contributed by atoms with Gasteiger partial charge in [-0.3, -0.25) is 19.4 Å². The van der Waals surface area contributed by atoms with E-state index in [4.69, 9.17) is 21.3 Å². The number of ether oxygens (including phenoxy) is 1. The van der Waals surface area contributed by atoms with Crippen molar-refractivity contribution >= 4 is 44.2 Å². The Labute approximate surface area is 176 Å². The SMILES string of the molecule is COc1nn(C)cc1C(=O)N(Cc1ccccn1)c1nc2c(C)c(Cl)ccc2s1. The Bertz CT molecular complexity index is 1190. The smallest absolute Gasteiger partial charge is 0.267 e. The minimum Gasteiger partial charge on any atom is -0.479 e. The van der Waals surface area contributed by atoms with Gasteiger partial charge in [0.15, 0.2) is 5.13 Å². The lowest BCUT2D eigenvalue weighted by atomic mass is 10.2. The van der Waals surface area contributed by atoms with E-state index >= 15 is 0 Å². The zero-order valence-corrected chi connectivity index (χ0v) is 17.7. The summed E-state index contributed by atoms with van der Waals surface area (Å²) in [4.78, 5) is 24.2. The normalized spacial score (nSPS) is 11.0. The van der Waals surface area contributed by atoms with Crippen LogP contribution in [0.3, 0.4) is 0 Å². The highest BCUT2D eigenvalue weighted by atomic mass is 35.5. The molecule has 0 radical (unpaired) electrons. The third kappa shape index (κ3) is 3.68. The van der Waals surface area contributed by atoms with Gasteiger partial charge in [0.05, 0.1) is 29.6 Å². The summed E-state index contributed by atoms with van der Waals surface area (Å²) in [6.45, 7) is 2.19. The van der Waals surface area contributed by atoms with Crippen molar-refractivity contribution in [2.24, 2.45) is 7.05 Å². The van der Waals surface area contributed by atoms with Crippen LogP contribution in [0.2, 0.25) is 5.02 Å². The third-order valence-corrected chi connectivity index (χ3v) is 5.93. The Balaban J connectivity index is 1.82. The van der Waals surface area contributed by atoms with E-state index in [9.17, 15) is 4.79 Å². The number of aromatic nitrogens is 4. The highest BCUT2D eigenvalue weighted by Crippen LogP contribution is 2.35. The molecule has 148 valence electrons. The molecule has 4 rings (SSSR count). The van der Waals surface area contributed by atoms with Gasteiger partial charge in [0.1, 0.15) is 5.56 Å². The standard InChI is InChI=1S/C20H18ClN5O2S/c1-12-15(21)7-8-16-17(12)23-20(29-16)26(10-13-6-4-5-9-22-13)19(27)14-11-25(2)24-18(14)28-3/h4-9,11H,10H2,1-3H3. The van der Waals surface area contributed by atoms with Crippen LogP contribution in [0.5, 0.6) is 5.88 Å². The number of fused-ring (bicyclic) bond motifs is 1. The first-order chi connectivity index (χ1) is 14.0. The van der Waals surface area contributed by atoms with Gasteiger partial charge >= 0.3 is 0 Å². The van der Waals surface area contributed by atoms with Gasteiger partial charge in [-0.15, -0.1) is 5.10 Å². The fraction of sp³-hybridized carbons (Fsp3) is 0.200. The topological polar surface area (TPSA) is 73.1 Å². The summed E-state index contributed by atoms with van der Waals surface area (Å²) in [6.07, 6.45) is 3.34. The lowest BCUT2D eigenvalue weighted by Gasteiger charge is -2.19. The van der Waals surface area contributed by atoms with Crippen molar-refractivity contribution in [3.05, 3.63) is 64.6 Å². The Hall–Kier alpha value is -2.97. The molecule has 3 aromatic heterocycles. The van der Waals surface area contributed by atoms with Crippen molar-refractivity contribution in [2.45, 2.75) is 13.5 Å². The number of halogens is 1. The number of nitrogens with zero attached hydrogens (tertiary/aromatic N) is 5. The zero-order valence-electron chi connectivity index (χ0n) is 16.1. The number of thiazole rings is 1. The number of pyridine rings is 1. The second-order valence-corrected chi connectivity index (χ2v) is 7.87. The number of aryl methyl sites for hydroxylation is 2. The van der Waals surface area contributed by atoms with Crippen LogP contribution in [0.4, 0.5) is 5.13 Å². The van der Waals surface area contributed by atoms with Crippen LogP contribution in [0.15, 0.2) is 42.7 Å². The molecule has 1 aromatic carbocycles. The molecule has 0 saturated heterocycles. The minimum atomic E-state index is -0.261.